The van der Waals surface area contributed by atoms with Gasteiger partial charge in [-0.2, -0.15) is 0 Å². The van der Waals surface area contributed by atoms with Gasteiger partial charge in [-0.15, -0.1) is 24.8 Å². The van der Waals surface area contributed by atoms with Crippen LogP contribution in [0, 0.1) is 39.5 Å². The van der Waals surface area contributed by atoms with Crippen LogP contribution in [-0.4, -0.2) is 105 Å². The van der Waals surface area contributed by atoms with Gasteiger partial charge in [-0.3, -0.25) is 9.80 Å². The molecular weight excluding hydrogens is 619 g/mol. The largest absolute Gasteiger partial charge is 0.449 e. The quantitative estimate of drug-likeness (QED) is 0.279. The molecule has 45 heavy (non-hydrogen) atoms. The molecule has 0 aliphatic carbocycles. The molecule has 0 spiro atoms. The number of ether oxygens (including phenoxy) is 2. The number of pyridine rings is 2. The molecule has 2 rings (SSSR count). The molecule has 11 nitrogen and oxygen atoms in total. The minimum Gasteiger partial charge on any atom is -0.449 e. The van der Waals surface area contributed by atoms with E-state index in [1.807, 2.05) is 118 Å². The van der Waals surface area contributed by atoms with Gasteiger partial charge in [0.2, 0.25) is 0 Å². The van der Waals surface area contributed by atoms with Crippen molar-refractivity contribution in [3.63, 3.8) is 0 Å². The van der Waals surface area contributed by atoms with Crippen LogP contribution in [0.2, 0.25) is 0 Å². The minimum atomic E-state index is -0.331. The van der Waals surface area contributed by atoms with E-state index in [0.717, 1.165) is 35.6 Å². The lowest BCUT2D eigenvalue weighted by molar-refractivity contribution is 0.138. The number of hydrogen-bond acceptors (Lipinski definition) is 8. The lowest BCUT2D eigenvalue weighted by Gasteiger charge is -2.24. The Bertz CT molecular complexity index is 1010. The maximum absolute atomic E-state index is 12.3. The number of nitrogens with zero attached hydrogens (tertiary/aromatic N) is 6. The van der Waals surface area contributed by atoms with Crippen LogP contribution in [0.1, 0.15) is 50.2 Å². The molecule has 2 heterocycles. The van der Waals surface area contributed by atoms with Crippen molar-refractivity contribution in [2.75, 3.05) is 77.4 Å². The van der Waals surface area contributed by atoms with Gasteiger partial charge in [-0.25, -0.2) is 19.6 Å². The van der Waals surface area contributed by atoms with Crippen LogP contribution in [-0.2, 0) is 9.47 Å². The monoisotopic (exact) mass is 676 g/mol. The Kier molecular flexibility index (Phi) is 24.5. The maximum Gasteiger partial charge on any atom is 0.415 e. The van der Waals surface area contributed by atoms with Crippen LogP contribution in [0.4, 0.5) is 21.2 Å². The summed E-state index contributed by atoms with van der Waals surface area (Å²) in [6.45, 7) is 19.4. The number of likely N-dealkylation sites (N-methyl/N-ethyl adjacent to an activating group) is 2. The lowest BCUT2D eigenvalue weighted by atomic mass is 10.2. The lowest BCUT2D eigenvalue weighted by Crippen LogP contribution is -2.38. The van der Waals surface area contributed by atoms with Gasteiger partial charge in [-0.1, -0.05) is 27.7 Å². The van der Waals surface area contributed by atoms with Gasteiger partial charge in [0.05, 0.1) is 13.2 Å². The summed E-state index contributed by atoms with van der Waals surface area (Å²) in [5.41, 5.74) is 3.97. The van der Waals surface area contributed by atoms with Crippen molar-refractivity contribution in [1.82, 2.24) is 19.8 Å². The predicted molar refractivity (Wildman–Crippen MR) is 190 cm³/mol. The van der Waals surface area contributed by atoms with Crippen molar-refractivity contribution in [2.45, 2.75) is 55.4 Å². The second kappa shape index (κ2) is 23.6. The fourth-order valence-electron chi connectivity index (χ4n) is 3.75. The second-order valence-corrected chi connectivity index (χ2v) is 12.1. The smallest absolute Gasteiger partial charge is 0.415 e. The highest BCUT2D eigenvalue weighted by molar-refractivity contribution is 5.87. The van der Waals surface area contributed by atoms with Crippen LogP contribution in [0.15, 0.2) is 24.3 Å². The summed E-state index contributed by atoms with van der Waals surface area (Å²) in [5, 5.41) is 0. The number of aromatic nitrogens is 2. The van der Waals surface area contributed by atoms with Gasteiger partial charge < -0.3 is 24.7 Å². The first-order valence-corrected chi connectivity index (χ1v) is 14.7. The summed E-state index contributed by atoms with van der Waals surface area (Å²) in [4.78, 5) is 40.9. The average molecular weight is 678 g/mol. The fourth-order valence-corrected chi connectivity index (χ4v) is 3.75. The van der Waals surface area contributed by atoms with E-state index in [9.17, 15) is 9.59 Å². The van der Waals surface area contributed by atoms with Crippen LogP contribution >= 0.6 is 24.8 Å². The van der Waals surface area contributed by atoms with Crippen LogP contribution in [0.3, 0.4) is 0 Å². The Balaban J connectivity index is -0.000000735. The fraction of sp³-hybridized carbons (Fsp3) is 0.625. The van der Waals surface area contributed by atoms with Gasteiger partial charge in [0.15, 0.2) is 0 Å². The van der Waals surface area contributed by atoms with Crippen molar-refractivity contribution in [2.24, 2.45) is 11.8 Å². The first-order chi connectivity index (χ1) is 19.6. The SMILES string of the molecule is Cc1cc(C)nc(N(CCN(C)C)C(=O)OCC(C)C)c1.Cc1cc(C)nc(N(CCN(C)C)C(=O)OCC(C)C)c1.Cl.Cl.O. The van der Waals surface area contributed by atoms with Crippen molar-refractivity contribution in [3.8, 4) is 0 Å². The molecule has 0 atom stereocenters. The van der Waals surface area contributed by atoms with Crippen LogP contribution in [0.5, 0.6) is 0 Å². The summed E-state index contributed by atoms with van der Waals surface area (Å²) in [5.74, 6) is 1.94. The van der Waals surface area contributed by atoms with E-state index in [1.165, 1.54) is 0 Å². The molecule has 2 aromatic heterocycles. The summed E-state index contributed by atoms with van der Waals surface area (Å²) in [7, 11) is 7.91. The Morgan fingerprint density at radius 2 is 0.933 bits per heavy atom. The summed E-state index contributed by atoms with van der Waals surface area (Å²) < 4.78 is 10.7. The van der Waals surface area contributed by atoms with Gasteiger partial charge in [-0.05, 0) is 103 Å². The van der Waals surface area contributed by atoms with E-state index in [2.05, 4.69) is 9.97 Å². The molecule has 0 aliphatic heterocycles. The number of hydrogen-bond donors (Lipinski definition) is 0. The van der Waals surface area contributed by atoms with Gasteiger partial charge >= 0.3 is 12.2 Å². The molecule has 0 bridgehead atoms. The van der Waals surface area contributed by atoms with Crippen LogP contribution < -0.4 is 9.80 Å². The van der Waals surface area contributed by atoms with Crippen molar-refractivity contribution >= 4 is 48.6 Å². The summed E-state index contributed by atoms with van der Waals surface area (Å²) in [6.07, 6.45) is -0.661. The number of anilines is 2. The predicted octanol–water partition coefficient (Wildman–Crippen LogP) is 5.74. The second-order valence-electron chi connectivity index (χ2n) is 12.1. The normalized spacial score (nSPS) is 10.3. The van der Waals surface area contributed by atoms with E-state index >= 15 is 0 Å². The Morgan fingerprint density at radius 1 is 0.622 bits per heavy atom. The van der Waals surface area contributed by atoms with Crippen molar-refractivity contribution in [3.05, 3.63) is 46.8 Å². The summed E-state index contributed by atoms with van der Waals surface area (Å²) in [6, 6.07) is 7.82. The van der Waals surface area contributed by atoms with Gasteiger partial charge in [0, 0.05) is 37.6 Å². The third-order valence-electron chi connectivity index (χ3n) is 5.78. The standard InChI is InChI=1S/2C16H27N3O2.2ClH.H2O/c2*1-12(2)11-21-16(20)19(8-7-18(5)6)15-10-13(3)9-14(4)17-15;;;/h2*9-10,12H,7-8,11H2,1-6H3;2*1H;1H2. The topological polar surface area (TPSA) is 123 Å². The molecule has 0 unspecified atom stereocenters. The molecule has 2 amide bonds. The number of amides is 2. The van der Waals surface area contributed by atoms with E-state index in [0.29, 0.717) is 49.8 Å². The number of rotatable bonds is 12. The third-order valence-corrected chi connectivity index (χ3v) is 5.78. The van der Waals surface area contributed by atoms with E-state index in [-0.39, 0.29) is 42.5 Å². The molecule has 0 fully saturated rings. The molecule has 0 radical (unpaired) electrons. The van der Waals surface area contributed by atoms with Crippen molar-refractivity contribution in [1.29, 1.82) is 0 Å². The zero-order valence-electron chi connectivity index (χ0n) is 29.3. The van der Waals surface area contributed by atoms with Crippen molar-refractivity contribution < 1.29 is 24.5 Å². The highest BCUT2D eigenvalue weighted by Crippen LogP contribution is 2.17. The Morgan fingerprint density at radius 3 is 1.18 bits per heavy atom. The molecule has 13 heteroatoms. The zero-order valence-corrected chi connectivity index (χ0v) is 31.0. The van der Waals surface area contributed by atoms with E-state index < -0.39 is 0 Å². The minimum absolute atomic E-state index is 0. The highest BCUT2D eigenvalue weighted by atomic mass is 35.5. The van der Waals surface area contributed by atoms with Gasteiger partial charge in [0.25, 0.3) is 0 Å². The van der Waals surface area contributed by atoms with E-state index in [1.54, 1.807) is 9.80 Å². The number of carbonyl (C=O) groups excluding carboxylic acids is 2. The number of carbonyl (C=O) groups is 2. The maximum atomic E-state index is 12.3. The molecule has 2 N–H and O–H groups in total. The first kappa shape index (κ1) is 46.7. The Labute approximate surface area is 283 Å². The first-order valence-electron chi connectivity index (χ1n) is 14.7. The molecule has 260 valence electrons. The highest BCUT2D eigenvalue weighted by Gasteiger charge is 2.21. The Hall–Kier alpha value is -2.70. The third kappa shape index (κ3) is 19.4. The molecule has 2 aromatic rings. The molecular formula is C32H58Cl2N6O5. The zero-order chi connectivity index (χ0) is 32.0. The molecule has 0 aromatic carbocycles. The average Bonchev–Trinajstić information content (AvgIpc) is 2.85. The van der Waals surface area contributed by atoms with Crippen LogP contribution in [0.25, 0.3) is 0 Å². The molecule has 0 aliphatic rings. The van der Waals surface area contributed by atoms with Gasteiger partial charge in [0.1, 0.15) is 11.6 Å². The molecule has 0 saturated carbocycles. The number of aryl methyl sites for hydroxylation is 4. The summed E-state index contributed by atoms with van der Waals surface area (Å²) >= 11 is 0. The van der Waals surface area contributed by atoms with E-state index in [4.69, 9.17) is 9.47 Å². The number of halogens is 2. The molecule has 0 saturated heterocycles.